The summed E-state index contributed by atoms with van der Waals surface area (Å²) < 4.78 is 0. The summed E-state index contributed by atoms with van der Waals surface area (Å²) in [5.41, 5.74) is 28.6. The molecule has 0 saturated heterocycles. The minimum absolute atomic E-state index is 0.0102. The van der Waals surface area contributed by atoms with Crippen molar-refractivity contribution in [2.75, 3.05) is 0 Å². The van der Waals surface area contributed by atoms with Crippen molar-refractivity contribution in [2.45, 2.75) is 155 Å². The summed E-state index contributed by atoms with van der Waals surface area (Å²) in [4.78, 5) is 21.9. The number of aryl methyl sites for hydroxylation is 2. The van der Waals surface area contributed by atoms with E-state index in [1.165, 1.54) is 157 Å². The molecule has 9 aromatic carbocycles. The lowest BCUT2D eigenvalue weighted by Gasteiger charge is -2.31. The second kappa shape index (κ2) is 22.2. The van der Waals surface area contributed by atoms with Crippen LogP contribution in [0.2, 0.25) is 0 Å². The fraction of sp³-hybridized carbons (Fsp3) is 0.286. The molecular formula is C84H82N4. The van der Waals surface area contributed by atoms with E-state index in [9.17, 15) is 0 Å². The molecule has 4 nitrogen and oxygen atoms in total. The molecule has 0 radical (unpaired) electrons. The van der Waals surface area contributed by atoms with E-state index in [0.29, 0.717) is 17.5 Å². The average molecular weight is 1150 g/mol. The van der Waals surface area contributed by atoms with Gasteiger partial charge in [0.25, 0.3) is 0 Å². The highest BCUT2D eigenvalue weighted by atomic mass is 15.0. The van der Waals surface area contributed by atoms with Crippen molar-refractivity contribution in [3.63, 3.8) is 0 Å². The first-order valence-corrected chi connectivity index (χ1v) is 32.7. The molecule has 4 heteroatoms. The van der Waals surface area contributed by atoms with Gasteiger partial charge in [-0.2, -0.15) is 0 Å². The van der Waals surface area contributed by atoms with Crippen LogP contribution in [-0.2, 0) is 34.5 Å². The summed E-state index contributed by atoms with van der Waals surface area (Å²) in [5, 5.41) is 1.21. The number of unbranched alkanes of at least 4 members (excludes halogenated alkanes) is 6. The molecule has 0 N–H and O–H groups in total. The predicted octanol–water partition coefficient (Wildman–Crippen LogP) is 22.2. The van der Waals surface area contributed by atoms with Crippen LogP contribution in [0.25, 0.3) is 101 Å². The fourth-order valence-corrected chi connectivity index (χ4v) is 15.0. The summed E-state index contributed by atoms with van der Waals surface area (Å²) in [6, 6.07) is 74.0. The minimum atomic E-state index is -0.650. The molecule has 438 valence electrons. The van der Waals surface area contributed by atoms with Crippen LogP contribution in [0.15, 0.2) is 194 Å². The number of benzene rings is 9. The molecule has 0 fully saturated rings. The second-order valence-corrected chi connectivity index (χ2v) is 28.1. The van der Waals surface area contributed by atoms with Crippen LogP contribution >= 0.6 is 0 Å². The summed E-state index contributed by atoms with van der Waals surface area (Å²) in [5.74, 6) is 1.96. The van der Waals surface area contributed by atoms with Gasteiger partial charge in [-0.15, -0.1) is 0 Å². The molecule has 3 aliphatic carbocycles. The molecule has 1 spiro atoms. The van der Waals surface area contributed by atoms with Crippen molar-refractivity contribution < 1.29 is 0 Å². The first-order chi connectivity index (χ1) is 42.5. The molecule has 11 aromatic rings. The van der Waals surface area contributed by atoms with Gasteiger partial charge in [0.2, 0.25) is 0 Å². The molecule has 0 bridgehead atoms. The zero-order chi connectivity index (χ0) is 60.7. The first kappa shape index (κ1) is 57.2. The summed E-state index contributed by atoms with van der Waals surface area (Å²) in [6.07, 6.45) is 12.1. The van der Waals surface area contributed by atoms with Crippen LogP contribution in [-0.4, -0.2) is 19.9 Å². The van der Waals surface area contributed by atoms with Gasteiger partial charge in [0.1, 0.15) is 0 Å². The third-order valence-corrected chi connectivity index (χ3v) is 19.8. The van der Waals surface area contributed by atoms with E-state index >= 15 is 0 Å². The Labute approximate surface area is 522 Å². The third kappa shape index (κ3) is 9.83. The van der Waals surface area contributed by atoms with Crippen molar-refractivity contribution >= 4 is 10.9 Å². The Kier molecular flexibility index (Phi) is 14.4. The molecule has 3 aliphatic rings. The number of rotatable bonds is 15. The Morgan fingerprint density at radius 3 is 1.28 bits per heavy atom. The van der Waals surface area contributed by atoms with Crippen molar-refractivity contribution in [3.05, 3.63) is 250 Å². The van der Waals surface area contributed by atoms with Gasteiger partial charge < -0.3 is 0 Å². The van der Waals surface area contributed by atoms with Crippen LogP contribution in [0, 0.1) is 0 Å². The molecular weight excluding hydrogens is 1060 g/mol. The van der Waals surface area contributed by atoms with E-state index in [4.69, 9.17) is 19.9 Å². The lowest BCUT2D eigenvalue weighted by molar-refractivity contribution is 0.590. The molecule has 2 aromatic heterocycles. The summed E-state index contributed by atoms with van der Waals surface area (Å²) in [6.45, 7) is 22.9. The topological polar surface area (TPSA) is 51.6 Å². The zero-order valence-corrected chi connectivity index (χ0v) is 53.3. The van der Waals surface area contributed by atoms with Crippen molar-refractivity contribution in [2.24, 2.45) is 0 Å². The van der Waals surface area contributed by atoms with Crippen LogP contribution < -0.4 is 0 Å². The van der Waals surface area contributed by atoms with E-state index in [1.807, 2.05) is 0 Å². The van der Waals surface area contributed by atoms with Crippen molar-refractivity contribution in [1.82, 2.24) is 19.9 Å². The van der Waals surface area contributed by atoms with Gasteiger partial charge in [-0.1, -0.05) is 272 Å². The molecule has 0 atom stereocenters. The molecule has 0 unspecified atom stereocenters. The maximum absolute atomic E-state index is 5.83. The van der Waals surface area contributed by atoms with Gasteiger partial charge in [0.15, 0.2) is 17.5 Å². The predicted molar refractivity (Wildman–Crippen MR) is 369 cm³/mol. The molecule has 0 saturated carbocycles. The number of aromatic nitrogens is 4. The van der Waals surface area contributed by atoms with Gasteiger partial charge >= 0.3 is 0 Å². The standard InChI is InChI=1S/C84H82N4/c1-11-13-15-17-25-53-45-54(26-18-16-14-12-2)47-59(46-53)67-51-76(85-77-52-73-68(50-69(67)77)64-29-19-22-30-70(64)83(73,9)10)57-37-43-65-66-44-38-58(49-75(66)84(74(65)48-57)71-31-23-20-27-62(71)63-28-21-24-32-72(63)84)80-87-78(55-33-39-60(40-34-55)81(3,4)5)86-79(88-80)56-35-41-61(42-36-56)82(6,7)8/h19-24,27-52H,11-18,25-26H2,1-10H3. The second-order valence-electron chi connectivity index (χ2n) is 28.1. The number of hydrogen-bond donors (Lipinski definition) is 0. The van der Waals surface area contributed by atoms with E-state index in [-0.39, 0.29) is 16.2 Å². The van der Waals surface area contributed by atoms with E-state index < -0.39 is 5.41 Å². The summed E-state index contributed by atoms with van der Waals surface area (Å²) in [7, 11) is 0. The minimum Gasteiger partial charge on any atom is -0.248 e. The maximum atomic E-state index is 5.83. The lowest BCUT2D eigenvalue weighted by Crippen LogP contribution is -2.26. The van der Waals surface area contributed by atoms with Crippen LogP contribution in [0.1, 0.15) is 176 Å². The third-order valence-electron chi connectivity index (χ3n) is 19.8. The first-order valence-electron chi connectivity index (χ1n) is 32.7. The smallest absolute Gasteiger partial charge is 0.164 e. The number of nitrogens with zero attached hydrogens (tertiary/aromatic N) is 4. The molecule has 2 heterocycles. The Hall–Kier alpha value is -8.60. The Morgan fingerprint density at radius 2 is 0.773 bits per heavy atom. The van der Waals surface area contributed by atoms with Crippen LogP contribution in [0.5, 0.6) is 0 Å². The Balaban J connectivity index is 0.965. The quantitative estimate of drug-likeness (QED) is 0.0960. The highest BCUT2D eigenvalue weighted by Gasteiger charge is 2.52. The zero-order valence-electron chi connectivity index (χ0n) is 53.3. The number of fused-ring (bicyclic) bond motifs is 14. The van der Waals surface area contributed by atoms with Crippen LogP contribution in [0.3, 0.4) is 0 Å². The Bertz CT molecular complexity index is 4350. The lowest BCUT2D eigenvalue weighted by atomic mass is 9.70. The number of pyridine rings is 1. The van der Waals surface area contributed by atoms with Crippen molar-refractivity contribution in [3.8, 4) is 89.9 Å². The van der Waals surface area contributed by atoms with Gasteiger partial charge in [0, 0.05) is 33.1 Å². The fourth-order valence-electron chi connectivity index (χ4n) is 15.0. The van der Waals surface area contributed by atoms with Gasteiger partial charge in [-0.3, -0.25) is 0 Å². The normalized spacial score (nSPS) is 14.0. The van der Waals surface area contributed by atoms with Crippen LogP contribution in [0.4, 0.5) is 0 Å². The SMILES string of the molecule is CCCCCCc1cc(CCCCCC)cc(-c2cc(-c3ccc4c(c3)C3(c5ccccc5-c5ccccc53)c3cc(-c5nc(-c6ccc(C(C)(C)C)cc6)nc(-c6ccc(C(C)(C)C)cc6)n5)ccc3-4)nc3cc4c(cc23)-c2ccccc2C4(C)C)c1. The van der Waals surface area contributed by atoms with Gasteiger partial charge in [-0.05, 0) is 167 Å². The molecule has 88 heavy (non-hydrogen) atoms. The van der Waals surface area contributed by atoms with E-state index in [1.54, 1.807) is 0 Å². The number of hydrogen-bond acceptors (Lipinski definition) is 4. The van der Waals surface area contributed by atoms with Crippen molar-refractivity contribution in [1.29, 1.82) is 0 Å². The largest absolute Gasteiger partial charge is 0.248 e. The maximum Gasteiger partial charge on any atom is 0.164 e. The molecule has 0 aliphatic heterocycles. The van der Waals surface area contributed by atoms with E-state index in [2.05, 4.69) is 263 Å². The highest BCUT2D eigenvalue weighted by Crippen LogP contribution is 2.64. The van der Waals surface area contributed by atoms with Gasteiger partial charge in [-0.25, -0.2) is 19.9 Å². The summed E-state index contributed by atoms with van der Waals surface area (Å²) >= 11 is 0. The Morgan fingerprint density at radius 1 is 0.330 bits per heavy atom. The molecule has 0 amide bonds. The average Bonchev–Trinajstić information content (AvgIpc) is 1.53. The molecule has 14 rings (SSSR count). The van der Waals surface area contributed by atoms with E-state index in [0.717, 1.165) is 46.3 Å². The highest BCUT2D eigenvalue weighted by molar-refractivity contribution is 6.03. The monoisotopic (exact) mass is 1150 g/mol. The van der Waals surface area contributed by atoms with Gasteiger partial charge in [0.05, 0.1) is 16.6 Å².